The van der Waals surface area contributed by atoms with Crippen molar-refractivity contribution in [2.75, 3.05) is 5.32 Å². The lowest BCUT2D eigenvalue weighted by Crippen LogP contribution is -2.14. The van der Waals surface area contributed by atoms with Crippen molar-refractivity contribution in [1.82, 2.24) is 0 Å². The number of rotatable bonds is 3. The number of anilines is 1. The van der Waals surface area contributed by atoms with Crippen LogP contribution in [0.4, 0.5) is 5.69 Å². The molecule has 0 radical (unpaired) electrons. The minimum Gasteiger partial charge on any atom is -0.505 e. The van der Waals surface area contributed by atoms with Crippen LogP contribution >= 0.6 is 39.1 Å². The van der Waals surface area contributed by atoms with Crippen LogP contribution in [0.25, 0.3) is 0 Å². The molecule has 0 heterocycles. The average Bonchev–Trinajstić information content (AvgIpc) is 2.35. The summed E-state index contributed by atoms with van der Waals surface area (Å²) in [6, 6.07) is 10.1. The summed E-state index contributed by atoms with van der Waals surface area (Å²) in [5, 5.41) is 13.4. The molecule has 2 aromatic rings. The Kier molecular flexibility index (Phi) is 4.91. The molecule has 0 aromatic heterocycles. The Hall–Kier alpha value is -1.23. The van der Waals surface area contributed by atoms with E-state index in [1.807, 2.05) is 0 Å². The highest BCUT2D eigenvalue weighted by Gasteiger charge is 2.11. The third-order valence-corrected chi connectivity index (χ3v) is 3.61. The lowest BCUT2D eigenvalue weighted by molar-refractivity contribution is -0.115. The molecular weight excluding hydrogens is 365 g/mol. The first kappa shape index (κ1) is 15.2. The lowest BCUT2D eigenvalue weighted by atomic mass is 10.1. The van der Waals surface area contributed by atoms with Gasteiger partial charge >= 0.3 is 0 Å². The fraction of sp³-hybridized carbons (Fsp3) is 0.0714. The predicted octanol–water partition coefficient (Wildman–Crippen LogP) is 4.64. The molecule has 0 bridgehead atoms. The topological polar surface area (TPSA) is 49.3 Å². The summed E-state index contributed by atoms with van der Waals surface area (Å²) >= 11 is 14.9. The quantitative estimate of drug-likeness (QED) is 0.768. The maximum atomic E-state index is 11.9. The second kappa shape index (κ2) is 6.48. The Morgan fingerprint density at radius 3 is 2.65 bits per heavy atom. The molecule has 2 N–H and O–H groups in total. The summed E-state index contributed by atoms with van der Waals surface area (Å²) in [4.78, 5) is 11.9. The summed E-state index contributed by atoms with van der Waals surface area (Å²) in [6.45, 7) is 0. The van der Waals surface area contributed by atoms with Crippen LogP contribution in [-0.4, -0.2) is 11.0 Å². The number of phenols is 1. The first-order valence-electron chi connectivity index (χ1n) is 5.68. The summed E-state index contributed by atoms with van der Waals surface area (Å²) in [6.07, 6.45) is 0.157. The Morgan fingerprint density at radius 1 is 1.20 bits per heavy atom. The summed E-state index contributed by atoms with van der Waals surface area (Å²) < 4.78 is 0.419. The SMILES string of the molecule is O=C(Cc1cccc(Cl)c1)Nc1cc(Cl)cc(Br)c1O. The number of hydrogen-bond acceptors (Lipinski definition) is 2. The van der Waals surface area contributed by atoms with E-state index in [1.165, 1.54) is 6.07 Å². The van der Waals surface area contributed by atoms with Crippen LogP contribution in [0.1, 0.15) is 5.56 Å². The first-order chi connectivity index (χ1) is 9.45. The van der Waals surface area contributed by atoms with Gasteiger partial charge in [-0.05, 0) is 45.8 Å². The van der Waals surface area contributed by atoms with E-state index in [9.17, 15) is 9.90 Å². The molecule has 3 nitrogen and oxygen atoms in total. The predicted molar refractivity (Wildman–Crippen MR) is 84.6 cm³/mol. The number of benzene rings is 2. The molecule has 0 aliphatic heterocycles. The first-order valence-corrected chi connectivity index (χ1v) is 7.23. The zero-order chi connectivity index (χ0) is 14.7. The van der Waals surface area contributed by atoms with Gasteiger partial charge in [-0.2, -0.15) is 0 Å². The molecule has 0 atom stereocenters. The zero-order valence-electron chi connectivity index (χ0n) is 10.2. The molecule has 0 unspecified atom stereocenters. The number of phenolic OH excluding ortho intramolecular Hbond substituents is 1. The van der Waals surface area contributed by atoms with Crippen molar-refractivity contribution >= 4 is 50.7 Å². The third kappa shape index (κ3) is 3.88. The van der Waals surface area contributed by atoms with Gasteiger partial charge in [0.15, 0.2) is 5.75 Å². The molecule has 0 spiro atoms. The van der Waals surface area contributed by atoms with Gasteiger partial charge in [0.25, 0.3) is 0 Å². The smallest absolute Gasteiger partial charge is 0.228 e. The minimum atomic E-state index is -0.267. The molecule has 0 aliphatic rings. The molecule has 0 saturated heterocycles. The van der Waals surface area contributed by atoms with Crippen LogP contribution in [0.3, 0.4) is 0 Å². The van der Waals surface area contributed by atoms with Gasteiger partial charge in [0, 0.05) is 10.0 Å². The molecule has 0 aliphatic carbocycles. The van der Waals surface area contributed by atoms with Crippen molar-refractivity contribution in [3.8, 4) is 5.75 Å². The van der Waals surface area contributed by atoms with Crippen LogP contribution in [0.5, 0.6) is 5.75 Å². The molecule has 0 fully saturated rings. The summed E-state index contributed by atoms with van der Waals surface area (Å²) in [5.74, 6) is -0.328. The highest BCUT2D eigenvalue weighted by molar-refractivity contribution is 9.10. The van der Waals surface area contributed by atoms with Crippen LogP contribution in [0, 0.1) is 0 Å². The van der Waals surface area contributed by atoms with Crippen molar-refractivity contribution < 1.29 is 9.90 Å². The fourth-order valence-electron chi connectivity index (χ4n) is 1.69. The summed E-state index contributed by atoms with van der Waals surface area (Å²) in [7, 11) is 0. The van der Waals surface area contributed by atoms with Crippen molar-refractivity contribution in [3.05, 3.63) is 56.5 Å². The van der Waals surface area contributed by atoms with Crippen LogP contribution < -0.4 is 5.32 Å². The van der Waals surface area contributed by atoms with Crippen molar-refractivity contribution in [3.63, 3.8) is 0 Å². The zero-order valence-corrected chi connectivity index (χ0v) is 13.3. The van der Waals surface area contributed by atoms with E-state index in [2.05, 4.69) is 21.2 Å². The maximum absolute atomic E-state index is 11.9. The lowest BCUT2D eigenvalue weighted by Gasteiger charge is -2.09. The van der Waals surface area contributed by atoms with Gasteiger partial charge in [-0.3, -0.25) is 4.79 Å². The normalized spacial score (nSPS) is 10.3. The van der Waals surface area contributed by atoms with Gasteiger partial charge in [0.1, 0.15) is 0 Å². The number of hydrogen-bond donors (Lipinski definition) is 2. The largest absolute Gasteiger partial charge is 0.505 e. The molecule has 20 heavy (non-hydrogen) atoms. The maximum Gasteiger partial charge on any atom is 0.228 e. The van der Waals surface area contributed by atoms with Gasteiger partial charge < -0.3 is 10.4 Å². The Labute approximate surface area is 134 Å². The molecule has 104 valence electrons. The van der Waals surface area contributed by atoms with Gasteiger partial charge in [0.05, 0.1) is 16.6 Å². The number of amides is 1. The van der Waals surface area contributed by atoms with Gasteiger partial charge in [0.2, 0.25) is 5.91 Å². The summed E-state index contributed by atoms with van der Waals surface area (Å²) in [5.41, 5.74) is 1.05. The second-order valence-electron chi connectivity index (χ2n) is 4.14. The molecule has 2 aromatic carbocycles. The third-order valence-electron chi connectivity index (χ3n) is 2.56. The van der Waals surface area contributed by atoms with Gasteiger partial charge in [-0.15, -0.1) is 0 Å². The van der Waals surface area contributed by atoms with Crippen LogP contribution in [0.15, 0.2) is 40.9 Å². The number of aromatic hydroxyl groups is 1. The van der Waals surface area contributed by atoms with E-state index < -0.39 is 0 Å². The van der Waals surface area contributed by atoms with Crippen molar-refractivity contribution in [2.45, 2.75) is 6.42 Å². The van der Waals surface area contributed by atoms with E-state index in [0.29, 0.717) is 14.5 Å². The fourth-order valence-corrected chi connectivity index (χ4v) is 2.71. The van der Waals surface area contributed by atoms with Crippen LogP contribution in [-0.2, 0) is 11.2 Å². The molecule has 1 amide bonds. The Balaban J connectivity index is 2.12. The highest BCUT2D eigenvalue weighted by atomic mass is 79.9. The number of carbonyl (C=O) groups is 1. The number of halogens is 3. The van der Waals surface area contributed by atoms with Crippen molar-refractivity contribution in [2.24, 2.45) is 0 Å². The molecule has 0 saturated carbocycles. The molecule has 2 rings (SSSR count). The van der Waals surface area contributed by atoms with Crippen LogP contribution in [0.2, 0.25) is 10.0 Å². The highest BCUT2D eigenvalue weighted by Crippen LogP contribution is 2.35. The van der Waals surface area contributed by atoms with Gasteiger partial charge in [-0.1, -0.05) is 35.3 Å². The van der Waals surface area contributed by atoms with E-state index in [-0.39, 0.29) is 23.8 Å². The Bertz CT molecular complexity index is 662. The number of carbonyl (C=O) groups excluding carboxylic acids is 1. The van der Waals surface area contributed by atoms with E-state index >= 15 is 0 Å². The van der Waals surface area contributed by atoms with E-state index in [1.54, 1.807) is 30.3 Å². The minimum absolute atomic E-state index is 0.0613. The molecule has 6 heteroatoms. The van der Waals surface area contributed by atoms with E-state index in [4.69, 9.17) is 23.2 Å². The monoisotopic (exact) mass is 373 g/mol. The second-order valence-corrected chi connectivity index (χ2v) is 5.87. The van der Waals surface area contributed by atoms with Crippen molar-refractivity contribution in [1.29, 1.82) is 0 Å². The van der Waals surface area contributed by atoms with Gasteiger partial charge in [-0.25, -0.2) is 0 Å². The Morgan fingerprint density at radius 2 is 1.95 bits per heavy atom. The number of nitrogens with one attached hydrogen (secondary N) is 1. The van der Waals surface area contributed by atoms with E-state index in [0.717, 1.165) is 5.56 Å². The standard InChI is InChI=1S/C14H10BrCl2NO2/c15-11-6-10(17)7-12(14(11)20)18-13(19)5-8-2-1-3-9(16)4-8/h1-4,6-7,20H,5H2,(H,18,19). The molecular formula is C14H10BrCl2NO2. The average molecular weight is 375 g/mol.